The van der Waals surface area contributed by atoms with Crippen molar-refractivity contribution < 1.29 is 4.65 Å². The van der Waals surface area contributed by atoms with Crippen LogP contribution in [0.5, 0.6) is 0 Å². The van der Waals surface area contributed by atoms with Crippen LogP contribution in [-0.2, 0) is 4.65 Å². The normalized spacial score (nSPS) is 15.7. The third-order valence-electron chi connectivity index (χ3n) is 9.98. The molecule has 0 N–H and O–H groups in total. The van der Waals surface area contributed by atoms with Crippen LogP contribution in [0.1, 0.15) is 94.2 Å². The first-order valence-electron chi connectivity index (χ1n) is 17.5. The molecule has 0 spiro atoms. The minimum absolute atomic E-state index is 0.375. The van der Waals surface area contributed by atoms with Crippen molar-refractivity contribution in [2.45, 2.75) is 114 Å². The van der Waals surface area contributed by atoms with E-state index < -0.39 is 13.6 Å². The number of para-hydroxylation sites is 1. The summed E-state index contributed by atoms with van der Waals surface area (Å²) in [7, 11) is -2.06. The fourth-order valence-electron chi connectivity index (χ4n) is 8.49. The van der Waals surface area contributed by atoms with Gasteiger partial charge in [0.05, 0.1) is 22.3 Å². The van der Waals surface area contributed by atoms with Crippen molar-refractivity contribution in [1.82, 2.24) is 0 Å². The van der Waals surface area contributed by atoms with Crippen LogP contribution in [0, 0.1) is 41.5 Å². The van der Waals surface area contributed by atoms with E-state index >= 15 is 0 Å². The molecule has 0 amide bonds. The van der Waals surface area contributed by atoms with Gasteiger partial charge < -0.3 is 4.65 Å². The molecular weight excluding hydrogens is 576 g/mol. The summed E-state index contributed by atoms with van der Waals surface area (Å²) in [6.07, 6.45) is 2.23. The second-order valence-corrected chi connectivity index (χ2v) is 18.6. The topological polar surface area (TPSA) is 21.6 Å². The first-order chi connectivity index (χ1) is 21.9. The molecule has 4 aromatic rings. The van der Waals surface area contributed by atoms with Gasteiger partial charge in [-0.3, -0.25) is 0 Å². The number of unbranched alkanes of at least 4 members (excludes halogenated alkanes) is 2. The molecule has 1 heterocycles. The predicted molar refractivity (Wildman–Crippen MR) is 209 cm³/mol. The highest BCUT2D eigenvalue weighted by molar-refractivity contribution is 7.98. The van der Waals surface area contributed by atoms with Crippen molar-refractivity contribution >= 4 is 46.6 Å². The maximum absolute atomic E-state index is 7.88. The maximum atomic E-state index is 7.88. The van der Waals surface area contributed by atoms with E-state index in [1.807, 2.05) is 0 Å². The van der Waals surface area contributed by atoms with Crippen LogP contribution in [0.25, 0.3) is 0 Å². The largest absolute Gasteiger partial charge is 0.662 e. The Balaban J connectivity index is 0.000000892. The summed E-state index contributed by atoms with van der Waals surface area (Å²) in [5.41, 5.74) is 14.2. The lowest BCUT2D eigenvalue weighted by molar-refractivity contribution is 0.582. The Morgan fingerprint density at radius 2 is 1.07 bits per heavy atom. The van der Waals surface area contributed by atoms with Gasteiger partial charge in [-0.05, 0) is 87.4 Å². The van der Waals surface area contributed by atoms with Gasteiger partial charge in [0.1, 0.15) is 7.26 Å². The third-order valence-corrected chi connectivity index (χ3v) is 15.3. The van der Waals surface area contributed by atoms with Gasteiger partial charge in [0, 0.05) is 0 Å². The first kappa shape index (κ1) is 35.7. The lowest BCUT2D eigenvalue weighted by atomic mass is 9.26. The average molecular weight is 634 g/mol. The van der Waals surface area contributed by atoms with Crippen LogP contribution in [-0.4, -0.2) is 23.3 Å². The molecule has 4 heteroatoms. The molecule has 0 bridgehead atoms. The molecule has 0 unspecified atom stereocenters. The van der Waals surface area contributed by atoms with Gasteiger partial charge in [-0.2, -0.15) is 15.9 Å². The van der Waals surface area contributed by atoms with Gasteiger partial charge in [-0.25, -0.2) is 0 Å². The highest BCUT2D eigenvalue weighted by atomic mass is 31.2. The van der Waals surface area contributed by atoms with Gasteiger partial charge in [-0.15, -0.1) is 5.46 Å². The summed E-state index contributed by atoms with van der Waals surface area (Å²) in [5, 5.41) is 1.45. The fraction of sp³-hybridized carbons (Fsp3) is 0.405. The number of nitrogens with zero attached hydrogens (tertiary/aromatic N) is 1. The van der Waals surface area contributed by atoms with Crippen LogP contribution in [0.2, 0.25) is 0 Å². The SMILES string of the molecule is CCCCC.Cc1cc(C)c([B-]2(c3c(C)cc(C)cc3C)OC(=Nc3ccccc3)[P+](C(C)C)(C(C)C)c3ccccc32)c(C)c1. The molecule has 244 valence electrons. The molecule has 0 atom stereocenters. The Morgan fingerprint density at radius 1 is 0.630 bits per heavy atom. The van der Waals surface area contributed by atoms with Crippen LogP contribution >= 0.6 is 7.26 Å². The summed E-state index contributed by atoms with van der Waals surface area (Å²) in [5.74, 6) is 0. The molecule has 0 fully saturated rings. The summed E-state index contributed by atoms with van der Waals surface area (Å²) in [4.78, 5) is 5.47. The standard InChI is InChI=1S/C37H45BNOP.C5H12/c1-24(2)41(25(3)4)34-19-15-14-18-33(34)38(35-28(7)20-26(5)21-29(35)8,36-30(9)22-27(6)23-31(36)10)40-37(41)39-32-16-12-11-13-17-32;1-3-5-4-2/h11-25H,1-10H3;3-5H2,1-2H3. The lowest BCUT2D eigenvalue weighted by Crippen LogP contribution is -2.78. The van der Waals surface area contributed by atoms with Gasteiger partial charge in [0.15, 0.2) is 0 Å². The maximum Gasteiger partial charge on any atom is 0.298 e. The van der Waals surface area contributed by atoms with E-state index in [0.717, 1.165) is 11.3 Å². The fourth-order valence-corrected chi connectivity index (χ4v) is 13.5. The highest BCUT2D eigenvalue weighted by Gasteiger charge is 2.61. The number of fused-ring (bicyclic) bond motifs is 1. The Bertz CT molecular complexity index is 1570. The van der Waals surface area contributed by atoms with Crippen LogP contribution in [0.15, 0.2) is 83.9 Å². The van der Waals surface area contributed by atoms with Gasteiger partial charge in [-0.1, -0.05) is 127 Å². The van der Waals surface area contributed by atoms with E-state index in [1.165, 1.54) is 74.3 Å². The van der Waals surface area contributed by atoms with Gasteiger partial charge in [0.2, 0.25) is 0 Å². The Morgan fingerprint density at radius 3 is 1.48 bits per heavy atom. The van der Waals surface area contributed by atoms with Crippen molar-refractivity contribution in [3.05, 3.63) is 112 Å². The summed E-state index contributed by atoms with van der Waals surface area (Å²) < 4.78 is 7.88. The summed E-state index contributed by atoms with van der Waals surface area (Å²) >= 11 is 0. The smallest absolute Gasteiger partial charge is 0.298 e. The van der Waals surface area contributed by atoms with E-state index in [1.54, 1.807) is 0 Å². The second kappa shape index (κ2) is 14.7. The lowest BCUT2D eigenvalue weighted by Gasteiger charge is -2.54. The van der Waals surface area contributed by atoms with Crippen LogP contribution < -0.4 is 21.7 Å². The monoisotopic (exact) mass is 633 g/mol. The van der Waals surface area contributed by atoms with E-state index in [4.69, 9.17) is 9.65 Å². The Kier molecular flexibility index (Phi) is 11.4. The number of hydrogen-bond acceptors (Lipinski definition) is 2. The molecule has 46 heavy (non-hydrogen) atoms. The zero-order valence-corrected chi connectivity index (χ0v) is 31.6. The Hall–Kier alpha value is -3.16. The molecule has 0 aliphatic carbocycles. The van der Waals surface area contributed by atoms with Crippen molar-refractivity contribution in [3.8, 4) is 0 Å². The van der Waals surface area contributed by atoms with Crippen molar-refractivity contribution in [1.29, 1.82) is 0 Å². The third kappa shape index (κ3) is 6.38. The highest BCUT2D eigenvalue weighted by Crippen LogP contribution is 2.68. The molecule has 0 radical (unpaired) electrons. The van der Waals surface area contributed by atoms with Crippen molar-refractivity contribution in [2.75, 3.05) is 0 Å². The molecular formula is C42H57BNOP. The van der Waals surface area contributed by atoms with E-state index in [9.17, 15) is 0 Å². The number of aryl methyl sites for hydroxylation is 6. The minimum Gasteiger partial charge on any atom is -0.662 e. The van der Waals surface area contributed by atoms with Crippen molar-refractivity contribution in [3.63, 3.8) is 0 Å². The van der Waals surface area contributed by atoms with E-state index in [0.29, 0.717) is 11.3 Å². The molecule has 1 aliphatic heterocycles. The zero-order chi connectivity index (χ0) is 33.8. The summed E-state index contributed by atoms with van der Waals surface area (Å²) in [6, 6.07) is 28.9. The molecule has 2 nitrogen and oxygen atoms in total. The molecule has 1 aliphatic rings. The quantitative estimate of drug-likeness (QED) is 0.147. The number of aliphatic imine (C=N–C) groups is 1. The van der Waals surface area contributed by atoms with Crippen molar-refractivity contribution in [2.24, 2.45) is 4.99 Å². The van der Waals surface area contributed by atoms with E-state index in [2.05, 4.69) is 162 Å². The second-order valence-electron chi connectivity index (χ2n) is 14.1. The Labute approximate surface area is 281 Å². The first-order valence-corrected chi connectivity index (χ1v) is 19.4. The summed E-state index contributed by atoms with van der Waals surface area (Å²) in [6.45, 7) is 27.4. The van der Waals surface area contributed by atoms with Crippen LogP contribution in [0.4, 0.5) is 5.69 Å². The molecule has 0 aromatic heterocycles. The van der Waals surface area contributed by atoms with Gasteiger partial charge in [0.25, 0.3) is 12.0 Å². The predicted octanol–water partition coefficient (Wildman–Crippen LogP) is 9.88. The molecule has 5 rings (SSSR count). The number of rotatable bonds is 7. The van der Waals surface area contributed by atoms with E-state index in [-0.39, 0.29) is 0 Å². The average Bonchev–Trinajstić information content (AvgIpc) is 2.97. The zero-order valence-electron chi connectivity index (χ0n) is 30.7. The van der Waals surface area contributed by atoms with Gasteiger partial charge >= 0.3 is 0 Å². The van der Waals surface area contributed by atoms with Crippen LogP contribution in [0.3, 0.4) is 0 Å². The molecule has 0 saturated carbocycles. The molecule has 4 aromatic carbocycles. The number of hydrogen-bond donors (Lipinski definition) is 0. The molecule has 0 saturated heterocycles. The minimum atomic E-state index is -2.06. The number of benzene rings is 4.